The fourth-order valence-electron chi connectivity index (χ4n) is 1.73. The SMILES string of the molecule is CCOCCNC(=O)c1cc(S(N)(=O)=O)ccc1CC. The van der Waals surface area contributed by atoms with Gasteiger partial charge in [0.2, 0.25) is 10.0 Å². The van der Waals surface area contributed by atoms with Gasteiger partial charge in [-0.1, -0.05) is 13.0 Å². The molecule has 0 radical (unpaired) electrons. The predicted molar refractivity (Wildman–Crippen MR) is 76.0 cm³/mol. The lowest BCUT2D eigenvalue weighted by Crippen LogP contribution is -2.28. The molecule has 112 valence electrons. The van der Waals surface area contributed by atoms with E-state index in [0.717, 1.165) is 5.56 Å². The van der Waals surface area contributed by atoms with Crippen LogP contribution in [0.4, 0.5) is 0 Å². The largest absolute Gasteiger partial charge is 0.380 e. The molecule has 0 fully saturated rings. The van der Waals surface area contributed by atoms with Crippen molar-refractivity contribution in [2.45, 2.75) is 25.2 Å². The minimum atomic E-state index is -3.82. The number of aryl methyl sites for hydroxylation is 1. The molecule has 0 spiro atoms. The van der Waals surface area contributed by atoms with Gasteiger partial charge in [0, 0.05) is 18.7 Å². The van der Waals surface area contributed by atoms with Crippen LogP contribution in [-0.2, 0) is 21.2 Å². The average molecular weight is 300 g/mol. The molecule has 6 nitrogen and oxygen atoms in total. The number of carbonyl (C=O) groups excluding carboxylic acids is 1. The lowest BCUT2D eigenvalue weighted by atomic mass is 10.0. The van der Waals surface area contributed by atoms with Gasteiger partial charge < -0.3 is 10.1 Å². The van der Waals surface area contributed by atoms with Gasteiger partial charge in [0.25, 0.3) is 5.91 Å². The van der Waals surface area contributed by atoms with Crippen molar-refractivity contribution in [1.29, 1.82) is 0 Å². The van der Waals surface area contributed by atoms with Crippen LogP contribution in [0.25, 0.3) is 0 Å². The van der Waals surface area contributed by atoms with E-state index in [0.29, 0.717) is 31.7 Å². The van der Waals surface area contributed by atoms with E-state index in [-0.39, 0.29) is 10.8 Å². The molecule has 0 aliphatic rings. The minimum absolute atomic E-state index is 0.0651. The molecule has 1 amide bonds. The fraction of sp³-hybridized carbons (Fsp3) is 0.462. The van der Waals surface area contributed by atoms with Gasteiger partial charge in [-0.3, -0.25) is 4.79 Å². The Morgan fingerprint density at radius 1 is 1.35 bits per heavy atom. The number of benzene rings is 1. The van der Waals surface area contributed by atoms with E-state index in [1.165, 1.54) is 12.1 Å². The number of hydrogen-bond donors (Lipinski definition) is 2. The van der Waals surface area contributed by atoms with Crippen molar-refractivity contribution >= 4 is 15.9 Å². The summed E-state index contributed by atoms with van der Waals surface area (Å²) >= 11 is 0. The second-order valence-electron chi connectivity index (χ2n) is 4.17. The van der Waals surface area contributed by atoms with Gasteiger partial charge in [-0.25, -0.2) is 13.6 Å². The van der Waals surface area contributed by atoms with Crippen LogP contribution < -0.4 is 10.5 Å². The molecule has 0 aliphatic carbocycles. The Morgan fingerprint density at radius 2 is 2.05 bits per heavy atom. The number of nitrogens with one attached hydrogen (secondary N) is 1. The van der Waals surface area contributed by atoms with Crippen molar-refractivity contribution in [3.8, 4) is 0 Å². The van der Waals surface area contributed by atoms with Crippen molar-refractivity contribution in [3.63, 3.8) is 0 Å². The molecule has 0 aromatic heterocycles. The first-order valence-corrected chi connectivity index (χ1v) is 7.96. The number of carbonyl (C=O) groups is 1. The summed E-state index contributed by atoms with van der Waals surface area (Å²) in [5.74, 6) is -0.327. The van der Waals surface area contributed by atoms with Crippen LogP contribution in [0, 0.1) is 0 Å². The first kappa shape index (κ1) is 16.6. The maximum absolute atomic E-state index is 12.1. The fourth-order valence-corrected chi connectivity index (χ4v) is 2.27. The zero-order chi connectivity index (χ0) is 15.2. The number of sulfonamides is 1. The predicted octanol–water partition coefficient (Wildman–Crippen LogP) is 0.663. The maximum atomic E-state index is 12.1. The van der Waals surface area contributed by atoms with Gasteiger partial charge in [0.1, 0.15) is 0 Å². The molecular weight excluding hydrogens is 280 g/mol. The van der Waals surface area contributed by atoms with E-state index < -0.39 is 10.0 Å². The van der Waals surface area contributed by atoms with E-state index in [2.05, 4.69) is 5.32 Å². The Bertz CT molecular complexity index is 570. The molecule has 1 aromatic rings. The maximum Gasteiger partial charge on any atom is 0.251 e. The molecule has 0 heterocycles. The third kappa shape index (κ3) is 4.59. The van der Waals surface area contributed by atoms with Crippen LogP contribution in [0.1, 0.15) is 29.8 Å². The van der Waals surface area contributed by atoms with E-state index >= 15 is 0 Å². The Morgan fingerprint density at radius 3 is 2.60 bits per heavy atom. The van der Waals surface area contributed by atoms with Crippen LogP contribution in [-0.4, -0.2) is 34.1 Å². The highest BCUT2D eigenvalue weighted by Gasteiger charge is 2.15. The van der Waals surface area contributed by atoms with E-state index in [1.54, 1.807) is 6.07 Å². The van der Waals surface area contributed by atoms with Crippen LogP contribution in [0.15, 0.2) is 23.1 Å². The summed E-state index contributed by atoms with van der Waals surface area (Å²) in [5.41, 5.74) is 1.10. The van der Waals surface area contributed by atoms with Crippen molar-refractivity contribution in [2.24, 2.45) is 5.14 Å². The van der Waals surface area contributed by atoms with E-state index in [4.69, 9.17) is 9.88 Å². The first-order valence-electron chi connectivity index (χ1n) is 6.41. The molecule has 0 atom stereocenters. The summed E-state index contributed by atoms with van der Waals surface area (Å²) in [6, 6.07) is 4.33. The summed E-state index contributed by atoms with van der Waals surface area (Å²) in [4.78, 5) is 12.0. The Kier molecular flexibility index (Phi) is 6.12. The molecular formula is C13H20N2O4S. The third-order valence-corrected chi connectivity index (χ3v) is 3.68. The highest BCUT2D eigenvalue weighted by molar-refractivity contribution is 7.89. The summed E-state index contributed by atoms with van der Waals surface area (Å²) in [5, 5.41) is 7.77. The smallest absolute Gasteiger partial charge is 0.251 e. The summed E-state index contributed by atoms with van der Waals surface area (Å²) in [7, 11) is -3.82. The molecule has 3 N–H and O–H groups in total. The molecule has 1 rings (SSSR count). The Labute approximate surface area is 119 Å². The van der Waals surface area contributed by atoms with Gasteiger partial charge >= 0.3 is 0 Å². The van der Waals surface area contributed by atoms with Crippen LogP contribution in [0.5, 0.6) is 0 Å². The Hall–Kier alpha value is -1.44. The topological polar surface area (TPSA) is 98.5 Å². The molecule has 0 unspecified atom stereocenters. The van der Waals surface area contributed by atoms with Crippen molar-refractivity contribution in [3.05, 3.63) is 29.3 Å². The summed E-state index contributed by atoms with van der Waals surface area (Å²) in [6.45, 7) is 5.13. The summed E-state index contributed by atoms with van der Waals surface area (Å²) in [6.07, 6.45) is 0.624. The number of ether oxygens (including phenoxy) is 1. The normalized spacial score (nSPS) is 11.3. The standard InChI is InChI=1S/C13H20N2O4S/c1-3-10-5-6-11(20(14,17)18)9-12(10)13(16)15-7-8-19-4-2/h5-6,9H,3-4,7-8H2,1-2H3,(H,15,16)(H2,14,17,18). The van der Waals surface area contributed by atoms with Crippen LogP contribution in [0.2, 0.25) is 0 Å². The number of amides is 1. The molecule has 0 saturated heterocycles. The minimum Gasteiger partial charge on any atom is -0.380 e. The molecule has 0 saturated carbocycles. The molecule has 20 heavy (non-hydrogen) atoms. The molecule has 0 bridgehead atoms. The number of hydrogen-bond acceptors (Lipinski definition) is 4. The van der Waals surface area contributed by atoms with Crippen molar-refractivity contribution < 1.29 is 17.9 Å². The van der Waals surface area contributed by atoms with Gasteiger partial charge in [-0.05, 0) is 31.0 Å². The van der Waals surface area contributed by atoms with E-state index in [9.17, 15) is 13.2 Å². The number of primary sulfonamides is 1. The number of nitrogens with two attached hydrogens (primary N) is 1. The monoisotopic (exact) mass is 300 g/mol. The Balaban J connectivity index is 2.93. The van der Waals surface area contributed by atoms with E-state index in [1.807, 2.05) is 13.8 Å². The second kappa shape index (κ2) is 7.37. The second-order valence-corrected chi connectivity index (χ2v) is 5.73. The zero-order valence-electron chi connectivity index (χ0n) is 11.7. The quantitative estimate of drug-likeness (QED) is 0.723. The van der Waals surface area contributed by atoms with Gasteiger partial charge in [-0.2, -0.15) is 0 Å². The van der Waals surface area contributed by atoms with Crippen molar-refractivity contribution in [2.75, 3.05) is 19.8 Å². The zero-order valence-corrected chi connectivity index (χ0v) is 12.5. The lowest BCUT2D eigenvalue weighted by Gasteiger charge is -2.10. The molecule has 1 aromatic carbocycles. The lowest BCUT2D eigenvalue weighted by molar-refractivity contribution is 0.0921. The van der Waals surface area contributed by atoms with Crippen LogP contribution in [0.3, 0.4) is 0 Å². The third-order valence-electron chi connectivity index (χ3n) is 2.77. The average Bonchev–Trinajstić information content (AvgIpc) is 2.41. The number of rotatable bonds is 7. The van der Waals surface area contributed by atoms with Gasteiger partial charge in [-0.15, -0.1) is 0 Å². The van der Waals surface area contributed by atoms with Crippen LogP contribution >= 0.6 is 0 Å². The first-order chi connectivity index (χ1) is 9.40. The van der Waals surface area contributed by atoms with Gasteiger partial charge in [0.15, 0.2) is 0 Å². The molecule has 0 aliphatic heterocycles. The summed E-state index contributed by atoms with van der Waals surface area (Å²) < 4.78 is 27.8. The highest BCUT2D eigenvalue weighted by atomic mass is 32.2. The molecule has 7 heteroatoms. The van der Waals surface area contributed by atoms with Gasteiger partial charge in [0.05, 0.1) is 11.5 Å². The van der Waals surface area contributed by atoms with Crippen molar-refractivity contribution in [1.82, 2.24) is 5.32 Å². The highest BCUT2D eigenvalue weighted by Crippen LogP contribution is 2.16.